The van der Waals surface area contributed by atoms with Gasteiger partial charge in [-0.2, -0.15) is 0 Å². The molecule has 0 unspecified atom stereocenters. The second-order valence-electron chi connectivity index (χ2n) is 7.38. The normalized spacial score (nSPS) is 40.2. The first-order valence-electron chi connectivity index (χ1n) is 7.98. The highest BCUT2D eigenvalue weighted by molar-refractivity contribution is 5.80. The summed E-state index contributed by atoms with van der Waals surface area (Å²) in [6.07, 6.45) is 3.51. The molecule has 1 heterocycles. The Morgan fingerprint density at radius 2 is 1.90 bits per heavy atom. The Bertz CT molecular complexity index is 424. The molecule has 0 aromatic heterocycles. The van der Waals surface area contributed by atoms with Crippen LogP contribution in [0.25, 0.3) is 0 Å². The van der Waals surface area contributed by atoms with Crippen LogP contribution in [0, 0.1) is 11.3 Å². The lowest BCUT2D eigenvalue weighted by Gasteiger charge is -2.59. The van der Waals surface area contributed by atoms with E-state index in [1.54, 1.807) is 7.11 Å². The van der Waals surface area contributed by atoms with Gasteiger partial charge >= 0.3 is 0 Å². The molecule has 1 N–H and O–H groups in total. The molecule has 2 saturated carbocycles. The van der Waals surface area contributed by atoms with Crippen molar-refractivity contribution in [1.82, 2.24) is 5.32 Å². The number of hydrogen-bond acceptors (Lipinski definition) is 4. The van der Waals surface area contributed by atoms with Gasteiger partial charge in [-0.05, 0) is 26.2 Å². The van der Waals surface area contributed by atoms with Crippen LogP contribution in [-0.2, 0) is 19.0 Å². The summed E-state index contributed by atoms with van der Waals surface area (Å²) in [5.41, 5.74) is -0.237. The maximum Gasteiger partial charge on any atom is 0.228 e. The van der Waals surface area contributed by atoms with Crippen LogP contribution in [-0.4, -0.2) is 43.7 Å². The van der Waals surface area contributed by atoms with Gasteiger partial charge in [-0.25, -0.2) is 0 Å². The predicted molar refractivity (Wildman–Crippen MR) is 77.7 cm³/mol. The second-order valence-corrected chi connectivity index (χ2v) is 7.38. The summed E-state index contributed by atoms with van der Waals surface area (Å²) in [7, 11) is 1.74. The minimum absolute atomic E-state index is 0.0689. The molecule has 3 fully saturated rings. The van der Waals surface area contributed by atoms with Crippen molar-refractivity contribution in [3.63, 3.8) is 0 Å². The zero-order valence-corrected chi connectivity index (χ0v) is 13.5. The highest BCUT2D eigenvalue weighted by atomic mass is 16.7. The van der Waals surface area contributed by atoms with Gasteiger partial charge in [-0.15, -0.1) is 0 Å². The Labute approximate surface area is 126 Å². The average Bonchev–Trinajstić information content (AvgIpc) is 3.08. The van der Waals surface area contributed by atoms with Crippen LogP contribution >= 0.6 is 0 Å². The maximum atomic E-state index is 12.7. The lowest BCUT2D eigenvalue weighted by molar-refractivity contribution is -0.197. The van der Waals surface area contributed by atoms with Crippen LogP contribution in [0.3, 0.4) is 0 Å². The van der Waals surface area contributed by atoms with Crippen molar-refractivity contribution >= 4 is 5.91 Å². The molecule has 1 spiro atoms. The Balaban J connectivity index is 1.65. The minimum Gasteiger partial charge on any atom is -0.378 e. The minimum atomic E-state index is -0.650. The summed E-state index contributed by atoms with van der Waals surface area (Å²) in [6.45, 7) is 7.60. The third-order valence-electron chi connectivity index (χ3n) is 6.24. The number of carbonyl (C=O) groups excluding carboxylic acids is 1. The van der Waals surface area contributed by atoms with Gasteiger partial charge < -0.3 is 19.5 Å². The van der Waals surface area contributed by atoms with Gasteiger partial charge in [-0.3, -0.25) is 4.79 Å². The van der Waals surface area contributed by atoms with Crippen molar-refractivity contribution in [1.29, 1.82) is 0 Å². The molecule has 0 aromatic rings. The zero-order valence-electron chi connectivity index (χ0n) is 13.5. The molecule has 2 aliphatic carbocycles. The molecule has 0 radical (unpaired) electrons. The van der Waals surface area contributed by atoms with Gasteiger partial charge in [0.25, 0.3) is 0 Å². The fourth-order valence-electron chi connectivity index (χ4n) is 4.09. The molecule has 120 valence electrons. The van der Waals surface area contributed by atoms with E-state index >= 15 is 0 Å². The van der Waals surface area contributed by atoms with Gasteiger partial charge in [0, 0.05) is 25.0 Å². The van der Waals surface area contributed by atoms with Crippen LogP contribution in [0.15, 0.2) is 0 Å². The lowest BCUT2D eigenvalue weighted by atomic mass is 9.55. The number of methoxy groups -OCH3 is 1. The molecule has 3 aliphatic rings. The summed E-state index contributed by atoms with van der Waals surface area (Å²) in [6, 6.07) is 0.147. The van der Waals surface area contributed by atoms with E-state index < -0.39 is 5.79 Å². The van der Waals surface area contributed by atoms with Crippen molar-refractivity contribution in [2.24, 2.45) is 11.3 Å². The number of rotatable bonds is 3. The van der Waals surface area contributed by atoms with Crippen LogP contribution in [0.5, 0.6) is 0 Å². The van der Waals surface area contributed by atoms with Crippen LogP contribution in [0.2, 0.25) is 0 Å². The van der Waals surface area contributed by atoms with Crippen molar-refractivity contribution < 1.29 is 19.0 Å². The van der Waals surface area contributed by atoms with Crippen LogP contribution < -0.4 is 5.32 Å². The van der Waals surface area contributed by atoms with Crippen LogP contribution in [0.4, 0.5) is 0 Å². The molecule has 3 atom stereocenters. The fraction of sp³-hybridized carbons (Fsp3) is 0.938. The quantitative estimate of drug-likeness (QED) is 0.864. The summed E-state index contributed by atoms with van der Waals surface area (Å²) in [5, 5.41) is 3.21. The van der Waals surface area contributed by atoms with Gasteiger partial charge in [0.15, 0.2) is 5.79 Å². The molecule has 5 nitrogen and oxygen atoms in total. The number of amides is 1. The number of nitrogens with one attached hydrogen (secondary N) is 1. The SMILES string of the molecule is CO[C@]1(C)C[C@@H](NC(=O)[C@@H]2CCCC23OCCO3)C1(C)C. The molecular weight excluding hydrogens is 270 g/mol. The van der Waals surface area contributed by atoms with Crippen molar-refractivity contribution in [2.75, 3.05) is 20.3 Å². The first kappa shape index (κ1) is 15.3. The summed E-state index contributed by atoms with van der Waals surface area (Å²) >= 11 is 0. The summed E-state index contributed by atoms with van der Waals surface area (Å²) in [4.78, 5) is 12.7. The number of carbonyl (C=O) groups is 1. The van der Waals surface area contributed by atoms with Crippen molar-refractivity contribution in [3.05, 3.63) is 0 Å². The molecule has 21 heavy (non-hydrogen) atoms. The van der Waals surface area contributed by atoms with Crippen molar-refractivity contribution in [3.8, 4) is 0 Å². The van der Waals surface area contributed by atoms with E-state index in [2.05, 4.69) is 26.1 Å². The topological polar surface area (TPSA) is 56.8 Å². The van der Waals surface area contributed by atoms with Gasteiger partial charge in [-0.1, -0.05) is 13.8 Å². The molecular formula is C16H27NO4. The largest absolute Gasteiger partial charge is 0.378 e. The van der Waals surface area contributed by atoms with Crippen LogP contribution in [0.1, 0.15) is 46.5 Å². The predicted octanol–water partition coefficient (Wildman–Crippen LogP) is 1.85. The van der Waals surface area contributed by atoms with E-state index in [4.69, 9.17) is 14.2 Å². The Hall–Kier alpha value is -0.650. The lowest BCUT2D eigenvalue weighted by Crippen LogP contribution is -2.69. The first-order chi connectivity index (χ1) is 9.85. The maximum absolute atomic E-state index is 12.7. The number of ether oxygens (including phenoxy) is 3. The fourth-order valence-corrected chi connectivity index (χ4v) is 4.09. The second kappa shape index (κ2) is 4.93. The molecule has 1 saturated heterocycles. The van der Waals surface area contributed by atoms with Crippen molar-refractivity contribution in [2.45, 2.75) is 63.9 Å². The smallest absolute Gasteiger partial charge is 0.228 e. The number of hydrogen-bond donors (Lipinski definition) is 1. The monoisotopic (exact) mass is 297 g/mol. The standard InChI is InChI=1S/C16H27NO4/c1-14(2)12(10-15(14,3)19-4)17-13(18)11-6-5-7-16(11)20-8-9-21-16/h11-12H,5-10H2,1-4H3,(H,17,18)/t11-,12+,15+/m0/s1. The van der Waals surface area contributed by atoms with E-state index in [1.807, 2.05) is 0 Å². The average molecular weight is 297 g/mol. The molecule has 1 amide bonds. The van der Waals surface area contributed by atoms with Gasteiger partial charge in [0.2, 0.25) is 5.91 Å². The van der Waals surface area contributed by atoms with Gasteiger partial charge in [0.05, 0.1) is 24.7 Å². The van der Waals surface area contributed by atoms with E-state index in [0.717, 1.165) is 25.7 Å². The highest BCUT2D eigenvalue weighted by Gasteiger charge is 2.59. The Kier molecular flexibility index (Phi) is 3.58. The third-order valence-corrected chi connectivity index (χ3v) is 6.24. The molecule has 3 rings (SSSR count). The van der Waals surface area contributed by atoms with E-state index in [-0.39, 0.29) is 28.9 Å². The molecule has 0 aromatic carbocycles. The first-order valence-corrected chi connectivity index (χ1v) is 7.98. The Morgan fingerprint density at radius 1 is 1.24 bits per heavy atom. The zero-order chi connectivity index (χ0) is 15.3. The molecule has 5 heteroatoms. The summed E-state index contributed by atoms with van der Waals surface area (Å²) < 4.78 is 17.2. The molecule has 1 aliphatic heterocycles. The van der Waals surface area contributed by atoms with Gasteiger partial charge in [0.1, 0.15) is 0 Å². The highest BCUT2D eigenvalue weighted by Crippen LogP contribution is 2.52. The van der Waals surface area contributed by atoms with E-state index in [0.29, 0.717) is 13.2 Å². The Morgan fingerprint density at radius 3 is 2.48 bits per heavy atom. The molecule has 0 bridgehead atoms. The summed E-state index contributed by atoms with van der Waals surface area (Å²) in [5.74, 6) is -0.751. The van der Waals surface area contributed by atoms with E-state index in [9.17, 15) is 4.79 Å². The van der Waals surface area contributed by atoms with E-state index in [1.165, 1.54) is 0 Å². The third kappa shape index (κ3) is 2.13.